The quantitative estimate of drug-likeness (QED) is 0.861. The Hall–Kier alpha value is -1.59. The van der Waals surface area contributed by atoms with Crippen molar-refractivity contribution in [2.75, 3.05) is 29.0 Å². The van der Waals surface area contributed by atoms with Gasteiger partial charge in [0.1, 0.15) is 0 Å². The smallest absolute Gasteiger partial charge is 0.231 e. The lowest BCUT2D eigenvalue weighted by Gasteiger charge is -2.34. The summed E-state index contributed by atoms with van der Waals surface area (Å²) in [7, 11) is 0. The van der Waals surface area contributed by atoms with Crippen molar-refractivity contribution in [3.05, 3.63) is 0 Å². The molecule has 1 fully saturated rings. The van der Waals surface area contributed by atoms with Crippen LogP contribution in [0.4, 0.5) is 17.8 Å². The predicted octanol–water partition coefficient (Wildman–Crippen LogP) is 2.43. The molecule has 112 valence electrons. The Kier molecular flexibility index (Phi) is 4.62. The highest BCUT2D eigenvalue weighted by atomic mass is 15.3. The Morgan fingerprint density at radius 2 is 1.75 bits per heavy atom. The molecule has 0 atom stereocenters. The zero-order chi connectivity index (χ0) is 14.6. The Bertz CT molecular complexity index is 437. The molecule has 0 radical (unpaired) electrons. The van der Waals surface area contributed by atoms with Gasteiger partial charge in [-0.3, -0.25) is 0 Å². The monoisotopic (exact) mass is 278 g/mol. The van der Waals surface area contributed by atoms with Gasteiger partial charge in [0.25, 0.3) is 0 Å². The first kappa shape index (κ1) is 14.8. The molecule has 6 heteroatoms. The van der Waals surface area contributed by atoms with Gasteiger partial charge >= 0.3 is 0 Å². The molecule has 6 nitrogen and oxygen atoms in total. The third-order valence-electron chi connectivity index (χ3n) is 4.06. The maximum atomic E-state index is 5.83. The molecule has 1 saturated carbocycles. The molecular formula is C14H26N6. The molecule has 1 aliphatic carbocycles. The number of rotatable bonds is 5. The molecular weight excluding hydrogens is 252 g/mol. The van der Waals surface area contributed by atoms with Gasteiger partial charge in [0.2, 0.25) is 17.8 Å². The van der Waals surface area contributed by atoms with Crippen LogP contribution in [-0.4, -0.2) is 33.6 Å². The van der Waals surface area contributed by atoms with Crippen LogP contribution in [0.2, 0.25) is 0 Å². The SMILES string of the molecule is CCN(CC)c1nc(N)nc(NC2(C)CCCCC2)n1. The van der Waals surface area contributed by atoms with Gasteiger partial charge < -0.3 is 16.0 Å². The summed E-state index contributed by atoms with van der Waals surface area (Å²) < 4.78 is 0. The lowest BCUT2D eigenvalue weighted by Crippen LogP contribution is -2.38. The summed E-state index contributed by atoms with van der Waals surface area (Å²) in [5, 5.41) is 3.47. The van der Waals surface area contributed by atoms with Gasteiger partial charge in [0.15, 0.2) is 0 Å². The van der Waals surface area contributed by atoms with Gasteiger partial charge in [-0.15, -0.1) is 0 Å². The Labute approximate surface area is 121 Å². The van der Waals surface area contributed by atoms with Crippen molar-refractivity contribution in [2.45, 2.75) is 58.4 Å². The van der Waals surface area contributed by atoms with E-state index in [0.29, 0.717) is 11.9 Å². The van der Waals surface area contributed by atoms with E-state index in [2.05, 4.69) is 45.9 Å². The van der Waals surface area contributed by atoms with Crippen molar-refractivity contribution in [2.24, 2.45) is 0 Å². The molecule has 0 saturated heterocycles. The lowest BCUT2D eigenvalue weighted by molar-refractivity contribution is 0.347. The van der Waals surface area contributed by atoms with E-state index < -0.39 is 0 Å². The van der Waals surface area contributed by atoms with E-state index in [4.69, 9.17) is 5.73 Å². The molecule has 0 amide bonds. The van der Waals surface area contributed by atoms with Crippen molar-refractivity contribution < 1.29 is 0 Å². The van der Waals surface area contributed by atoms with Crippen molar-refractivity contribution in [1.29, 1.82) is 0 Å². The maximum Gasteiger partial charge on any atom is 0.231 e. The van der Waals surface area contributed by atoms with Gasteiger partial charge in [0.05, 0.1) is 0 Å². The second kappa shape index (κ2) is 6.24. The molecule has 3 N–H and O–H groups in total. The Morgan fingerprint density at radius 3 is 2.35 bits per heavy atom. The number of nitrogens with two attached hydrogens (primary N) is 1. The van der Waals surface area contributed by atoms with Crippen LogP contribution < -0.4 is 16.0 Å². The second-order valence-corrected chi connectivity index (χ2v) is 5.74. The first-order valence-corrected chi connectivity index (χ1v) is 7.61. The number of hydrogen-bond acceptors (Lipinski definition) is 6. The standard InChI is InChI=1S/C14H26N6/c1-4-20(5-2)13-17-11(15)16-12(18-13)19-14(3)9-7-6-8-10-14/h4-10H2,1-3H3,(H3,15,16,17,18,19). The minimum absolute atomic E-state index is 0.0760. The van der Waals surface area contributed by atoms with Crippen LogP contribution in [0.25, 0.3) is 0 Å². The molecule has 1 aliphatic rings. The zero-order valence-electron chi connectivity index (χ0n) is 12.8. The number of nitrogens with zero attached hydrogens (tertiary/aromatic N) is 4. The fraction of sp³-hybridized carbons (Fsp3) is 0.786. The van der Waals surface area contributed by atoms with Crippen LogP contribution >= 0.6 is 0 Å². The van der Waals surface area contributed by atoms with Crippen molar-refractivity contribution in [3.8, 4) is 0 Å². The summed E-state index contributed by atoms with van der Waals surface area (Å²) >= 11 is 0. The van der Waals surface area contributed by atoms with Crippen LogP contribution in [0.5, 0.6) is 0 Å². The third kappa shape index (κ3) is 3.49. The third-order valence-corrected chi connectivity index (χ3v) is 4.06. The van der Waals surface area contributed by atoms with E-state index in [1.54, 1.807) is 0 Å². The molecule has 1 heterocycles. The predicted molar refractivity (Wildman–Crippen MR) is 82.9 cm³/mol. The zero-order valence-corrected chi connectivity index (χ0v) is 12.8. The number of hydrogen-bond donors (Lipinski definition) is 2. The summed E-state index contributed by atoms with van der Waals surface area (Å²) in [4.78, 5) is 15.1. The molecule has 0 spiro atoms. The molecule has 0 aromatic carbocycles. The largest absolute Gasteiger partial charge is 0.368 e. The first-order valence-electron chi connectivity index (χ1n) is 7.61. The lowest BCUT2D eigenvalue weighted by atomic mass is 9.83. The summed E-state index contributed by atoms with van der Waals surface area (Å²) in [5.41, 5.74) is 5.90. The highest BCUT2D eigenvalue weighted by Crippen LogP contribution is 2.30. The van der Waals surface area contributed by atoms with E-state index in [-0.39, 0.29) is 11.5 Å². The van der Waals surface area contributed by atoms with E-state index in [1.165, 1.54) is 19.3 Å². The fourth-order valence-corrected chi connectivity index (χ4v) is 2.81. The molecule has 0 bridgehead atoms. The van der Waals surface area contributed by atoms with E-state index in [0.717, 1.165) is 25.9 Å². The van der Waals surface area contributed by atoms with Crippen molar-refractivity contribution in [3.63, 3.8) is 0 Å². The highest BCUT2D eigenvalue weighted by molar-refractivity contribution is 5.43. The minimum atomic E-state index is 0.0760. The highest BCUT2D eigenvalue weighted by Gasteiger charge is 2.27. The van der Waals surface area contributed by atoms with Crippen LogP contribution in [0.15, 0.2) is 0 Å². The van der Waals surface area contributed by atoms with Crippen LogP contribution in [0, 0.1) is 0 Å². The average Bonchev–Trinajstić information content (AvgIpc) is 2.39. The summed E-state index contributed by atoms with van der Waals surface area (Å²) in [5.74, 6) is 1.54. The van der Waals surface area contributed by atoms with Crippen molar-refractivity contribution in [1.82, 2.24) is 15.0 Å². The first-order chi connectivity index (χ1) is 9.56. The van der Waals surface area contributed by atoms with Gasteiger partial charge in [-0.2, -0.15) is 15.0 Å². The maximum absolute atomic E-state index is 5.83. The van der Waals surface area contributed by atoms with Crippen LogP contribution in [0.3, 0.4) is 0 Å². The van der Waals surface area contributed by atoms with Gasteiger partial charge in [0, 0.05) is 18.6 Å². The van der Waals surface area contributed by atoms with Gasteiger partial charge in [-0.1, -0.05) is 19.3 Å². The molecule has 0 unspecified atom stereocenters. The Balaban J connectivity index is 2.19. The van der Waals surface area contributed by atoms with Crippen molar-refractivity contribution >= 4 is 17.8 Å². The fourth-order valence-electron chi connectivity index (χ4n) is 2.81. The molecule has 0 aliphatic heterocycles. The summed E-state index contributed by atoms with van der Waals surface area (Å²) in [6, 6.07) is 0. The average molecular weight is 278 g/mol. The molecule has 1 aromatic heterocycles. The van der Waals surface area contributed by atoms with Crippen LogP contribution in [-0.2, 0) is 0 Å². The summed E-state index contributed by atoms with van der Waals surface area (Å²) in [6.45, 7) is 8.12. The van der Waals surface area contributed by atoms with E-state index >= 15 is 0 Å². The second-order valence-electron chi connectivity index (χ2n) is 5.74. The van der Waals surface area contributed by atoms with Gasteiger partial charge in [-0.25, -0.2) is 0 Å². The van der Waals surface area contributed by atoms with Gasteiger partial charge in [-0.05, 0) is 33.6 Å². The van der Waals surface area contributed by atoms with E-state index in [9.17, 15) is 0 Å². The number of aromatic nitrogens is 3. The minimum Gasteiger partial charge on any atom is -0.368 e. The number of nitrogens with one attached hydrogen (secondary N) is 1. The summed E-state index contributed by atoms with van der Waals surface area (Å²) in [6.07, 6.45) is 6.14. The number of nitrogen functional groups attached to an aromatic ring is 1. The van der Waals surface area contributed by atoms with E-state index in [1.807, 2.05) is 0 Å². The normalized spacial score (nSPS) is 17.8. The topological polar surface area (TPSA) is 80.0 Å². The number of anilines is 3. The molecule has 1 aromatic rings. The molecule has 20 heavy (non-hydrogen) atoms. The van der Waals surface area contributed by atoms with Crippen LogP contribution in [0.1, 0.15) is 52.9 Å². The molecule has 2 rings (SSSR count). The Morgan fingerprint density at radius 1 is 1.10 bits per heavy atom.